The molecule has 0 amide bonds. The van der Waals surface area contributed by atoms with E-state index < -0.39 is 0 Å². The number of hydrogen-bond acceptors (Lipinski definition) is 4. The molecular weight excluding hydrogens is 316 g/mol. The maximum absolute atomic E-state index is 5.45. The van der Waals surface area contributed by atoms with Crippen molar-refractivity contribution >= 4 is 5.96 Å². The lowest BCUT2D eigenvalue weighted by Gasteiger charge is -2.41. The first-order valence-electron chi connectivity index (χ1n) is 8.95. The summed E-state index contributed by atoms with van der Waals surface area (Å²) in [6.45, 7) is 9.80. The van der Waals surface area contributed by atoms with E-state index in [-0.39, 0.29) is 5.54 Å². The molecule has 1 heterocycles. The Balaban J connectivity index is 1.74. The van der Waals surface area contributed by atoms with Crippen LogP contribution in [-0.4, -0.2) is 69.9 Å². The smallest absolute Gasteiger partial charge is 0.191 e. The summed E-state index contributed by atoms with van der Waals surface area (Å²) < 4.78 is 10.6. The van der Waals surface area contributed by atoms with Crippen molar-refractivity contribution in [3.8, 4) is 5.75 Å². The number of nitrogens with one attached hydrogen (secondary N) is 2. The summed E-state index contributed by atoms with van der Waals surface area (Å²) in [6, 6.07) is 8.18. The highest BCUT2D eigenvalue weighted by Gasteiger charge is 2.28. The maximum atomic E-state index is 5.45. The number of morpholine rings is 1. The molecule has 1 saturated heterocycles. The highest BCUT2D eigenvalue weighted by molar-refractivity contribution is 5.79. The third kappa shape index (κ3) is 6.21. The molecule has 0 bridgehead atoms. The molecule has 25 heavy (non-hydrogen) atoms. The maximum Gasteiger partial charge on any atom is 0.191 e. The third-order valence-corrected chi connectivity index (χ3v) is 4.64. The largest absolute Gasteiger partial charge is 0.497 e. The molecule has 6 nitrogen and oxygen atoms in total. The Morgan fingerprint density at radius 3 is 2.48 bits per heavy atom. The minimum absolute atomic E-state index is 0.0668. The Kier molecular flexibility index (Phi) is 7.52. The summed E-state index contributed by atoms with van der Waals surface area (Å²) in [6.07, 6.45) is 0.942. The number of ether oxygens (including phenoxy) is 2. The van der Waals surface area contributed by atoms with Gasteiger partial charge in [0, 0.05) is 38.8 Å². The SMILES string of the molecule is CN=C(NCCc1ccc(OC)cc1)NCC(C)(C)N1CCOCC1. The molecule has 2 N–H and O–H groups in total. The first kappa shape index (κ1) is 19.5. The van der Waals surface area contributed by atoms with Crippen LogP contribution in [0.3, 0.4) is 0 Å². The van der Waals surface area contributed by atoms with Crippen LogP contribution in [-0.2, 0) is 11.2 Å². The van der Waals surface area contributed by atoms with Gasteiger partial charge in [0.1, 0.15) is 5.75 Å². The van der Waals surface area contributed by atoms with Gasteiger partial charge in [0.25, 0.3) is 0 Å². The van der Waals surface area contributed by atoms with Crippen LogP contribution in [0.4, 0.5) is 0 Å². The monoisotopic (exact) mass is 348 g/mol. The van der Waals surface area contributed by atoms with Gasteiger partial charge in [-0.05, 0) is 38.0 Å². The van der Waals surface area contributed by atoms with Crippen LogP contribution in [0, 0.1) is 0 Å². The molecule has 2 rings (SSSR count). The fraction of sp³-hybridized carbons (Fsp3) is 0.632. The third-order valence-electron chi connectivity index (χ3n) is 4.64. The average Bonchev–Trinajstić information content (AvgIpc) is 2.65. The molecule has 0 radical (unpaired) electrons. The Morgan fingerprint density at radius 1 is 1.20 bits per heavy atom. The lowest BCUT2D eigenvalue weighted by atomic mass is 10.0. The van der Waals surface area contributed by atoms with E-state index in [1.165, 1.54) is 5.56 Å². The van der Waals surface area contributed by atoms with Crippen LogP contribution >= 0.6 is 0 Å². The van der Waals surface area contributed by atoms with Gasteiger partial charge in [0.05, 0.1) is 20.3 Å². The van der Waals surface area contributed by atoms with Crippen molar-refractivity contribution in [1.29, 1.82) is 0 Å². The van der Waals surface area contributed by atoms with Gasteiger partial charge in [0.2, 0.25) is 0 Å². The van der Waals surface area contributed by atoms with Crippen molar-refractivity contribution in [3.63, 3.8) is 0 Å². The zero-order valence-electron chi connectivity index (χ0n) is 16.0. The molecule has 0 saturated carbocycles. The van der Waals surface area contributed by atoms with Crippen molar-refractivity contribution in [2.45, 2.75) is 25.8 Å². The van der Waals surface area contributed by atoms with Gasteiger partial charge in [-0.15, -0.1) is 0 Å². The molecule has 0 unspecified atom stereocenters. The van der Waals surface area contributed by atoms with Crippen molar-refractivity contribution in [2.24, 2.45) is 4.99 Å². The second-order valence-corrected chi connectivity index (χ2v) is 6.86. The van der Waals surface area contributed by atoms with Crippen LogP contribution in [0.2, 0.25) is 0 Å². The number of aliphatic imine (C=N–C) groups is 1. The molecule has 0 atom stereocenters. The Morgan fingerprint density at radius 2 is 1.88 bits per heavy atom. The summed E-state index contributed by atoms with van der Waals surface area (Å²) in [5, 5.41) is 6.83. The quantitative estimate of drug-likeness (QED) is 0.578. The van der Waals surface area contributed by atoms with E-state index in [1.54, 1.807) is 7.11 Å². The number of nitrogens with zero attached hydrogens (tertiary/aromatic N) is 2. The van der Waals surface area contributed by atoms with Crippen molar-refractivity contribution in [3.05, 3.63) is 29.8 Å². The van der Waals surface area contributed by atoms with Gasteiger partial charge in [-0.3, -0.25) is 9.89 Å². The molecule has 1 aromatic rings. The molecule has 6 heteroatoms. The molecule has 0 aromatic heterocycles. The lowest BCUT2D eigenvalue weighted by Crippen LogP contribution is -2.56. The van der Waals surface area contributed by atoms with E-state index >= 15 is 0 Å². The van der Waals surface area contributed by atoms with Gasteiger partial charge in [-0.25, -0.2) is 0 Å². The van der Waals surface area contributed by atoms with E-state index in [0.29, 0.717) is 0 Å². The highest BCUT2D eigenvalue weighted by Crippen LogP contribution is 2.15. The zero-order valence-corrected chi connectivity index (χ0v) is 16.0. The fourth-order valence-electron chi connectivity index (χ4n) is 2.92. The van der Waals surface area contributed by atoms with Crippen LogP contribution in [0.15, 0.2) is 29.3 Å². The number of rotatable bonds is 7. The molecule has 0 spiro atoms. The van der Waals surface area contributed by atoms with Crippen LogP contribution < -0.4 is 15.4 Å². The topological polar surface area (TPSA) is 58.1 Å². The summed E-state index contributed by atoms with van der Waals surface area (Å²) in [5.74, 6) is 1.73. The fourth-order valence-corrected chi connectivity index (χ4v) is 2.92. The van der Waals surface area contributed by atoms with Crippen molar-refractivity contribution in [1.82, 2.24) is 15.5 Å². The van der Waals surface area contributed by atoms with Gasteiger partial charge >= 0.3 is 0 Å². The van der Waals surface area contributed by atoms with Crippen molar-refractivity contribution < 1.29 is 9.47 Å². The minimum atomic E-state index is 0.0668. The lowest BCUT2D eigenvalue weighted by molar-refractivity contribution is -0.00833. The second-order valence-electron chi connectivity index (χ2n) is 6.86. The Bertz CT molecular complexity index is 537. The normalized spacial score (nSPS) is 16.6. The van der Waals surface area contributed by atoms with E-state index in [0.717, 1.165) is 57.5 Å². The number of methoxy groups -OCH3 is 1. The zero-order chi connectivity index (χ0) is 18.1. The molecule has 1 aliphatic rings. The average molecular weight is 348 g/mol. The van der Waals surface area contributed by atoms with Crippen LogP contribution in [0.25, 0.3) is 0 Å². The first-order valence-corrected chi connectivity index (χ1v) is 8.95. The summed E-state index contributed by atoms with van der Waals surface area (Å²) >= 11 is 0. The van der Waals surface area contributed by atoms with Crippen molar-refractivity contribution in [2.75, 3.05) is 53.6 Å². The second kappa shape index (κ2) is 9.63. The number of benzene rings is 1. The van der Waals surface area contributed by atoms with Crippen LogP contribution in [0.5, 0.6) is 5.75 Å². The predicted octanol–water partition coefficient (Wildman–Crippen LogP) is 1.51. The molecule has 0 aliphatic carbocycles. The Labute approximate surface area is 151 Å². The summed E-state index contributed by atoms with van der Waals surface area (Å²) in [4.78, 5) is 6.79. The van der Waals surface area contributed by atoms with E-state index in [2.05, 4.69) is 46.5 Å². The van der Waals surface area contributed by atoms with Gasteiger partial charge < -0.3 is 20.1 Å². The number of hydrogen-bond donors (Lipinski definition) is 2. The molecule has 1 aliphatic heterocycles. The van der Waals surface area contributed by atoms with Gasteiger partial charge in [-0.2, -0.15) is 0 Å². The van der Waals surface area contributed by atoms with Gasteiger partial charge in [-0.1, -0.05) is 12.1 Å². The van der Waals surface area contributed by atoms with Gasteiger partial charge in [0.15, 0.2) is 5.96 Å². The number of guanidine groups is 1. The Hall–Kier alpha value is -1.79. The van der Waals surface area contributed by atoms with Crippen LogP contribution in [0.1, 0.15) is 19.4 Å². The summed E-state index contributed by atoms with van der Waals surface area (Å²) in [7, 11) is 3.50. The standard InChI is InChI=1S/C19H32N4O2/c1-19(2,23-11-13-25-14-12-23)15-22-18(20-3)21-10-9-16-5-7-17(24-4)8-6-16/h5-8H,9-15H2,1-4H3,(H2,20,21,22). The highest BCUT2D eigenvalue weighted by atomic mass is 16.5. The van der Waals surface area contributed by atoms with E-state index in [9.17, 15) is 0 Å². The molecule has 1 fully saturated rings. The minimum Gasteiger partial charge on any atom is -0.497 e. The van der Waals surface area contributed by atoms with E-state index in [4.69, 9.17) is 9.47 Å². The molecular formula is C19H32N4O2. The summed E-state index contributed by atoms with van der Waals surface area (Å²) in [5.41, 5.74) is 1.34. The predicted molar refractivity (Wildman–Crippen MR) is 103 cm³/mol. The van der Waals surface area contributed by atoms with E-state index in [1.807, 2.05) is 19.2 Å². The molecule has 140 valence electrons. The molecule has 1 aromatic carbocycles. The first-order chi connectivity index (χ1) is 12.0.